The minimum atomic E-state index is 0.648. The molecule has 0 aliphatic heterocycles. The average Bonchev–Trinajstić information content (AvgIpc) is 3.93. The Hall–Kier alpha value is -8.48. The lowest BCUT2D eigenvalue weighted by molar-refractivity contribution is 0.667. The van der Waals surface area contributed by atoms with Gasteiger partial charge in [-0.3, -0.25) is 0 Å². The molecule has 290 valence electrons. The van der Waals surface area contributed by atoms with Crippen LogP contribution in [0.25, 0.3) is 123 Å². The molecule has 0 atom stereocenters. The second kappa shape index (κ2) is 14.7. The molecule has 4 aromatic heterocycles. The summed E-state index contributed by atoms with van der Waals surface area (Å²) in [5.41, 5.74) is 16.5. The van der Waals surface area contributed by atoms with Gasteiger partial charge in [-0.1, -0.05) is 158 Å². The minimum Gasteiger partial charge on any atom is -0.452 e. The molecule has 12 rings (SSSR count). The Morgan fingerprint density at radius 3 is 1.10 bits per heavy atom. The summed E-state index contributed by atoms with van der Waals surface area (Å²) in [7, 11) is 0. The topological polar surface area (TPSA) is 77.8 Å². The number of hydrogen-bond donors (Lipinski definition) is 0. The van der Waals surface area contributed by atoms with Crippen LogP contribution in [0.4, 0.5) is 0 Å². The molecule has 4 heterocycles. The summed E-state index contributed by atoms with van der Waals surface area (Å²) in [5.74, 6) is 1.31. The summed E-state index contributed by atoms with van der Waals surface area (Å²) in [4.78, 5) is 20.4. The molecule has 0 N–H and O–H groups in total. The third-order valence-corrected chi connectivity index (χ3v) is 11.5. The van der Waals surface area contributed by atoms with Gasteiger partial charge in [0.2, 0.25) is 0 Å². The van der Waals surface area contributed by atoms with Crippen LogP contribution in [0.5, 0.6) is 0 Å². The lowest BCUT2D eigenvalue weighted by Gasteiger charge is -2.11. The van der Waals surface area contributed by atoms with Crippen LogP contribution in [0.15, 0.2) is 215 Å². The van der Waals surface area contributed by atoms with Gasteiger partial charge in [-0.15, -0.1) is 0 Å². The maximum absolute atomic E-state index is 6.45. The SMILES string of the molecule is c1ccc(-c2nc(-c3cccc(-c4cccc(-c5cccc(-c6cccc(-c7nc(-c8ccccc8)c8oc9ccccc9c8n7)c6)c5)c4)c3)c3oc4ccccc4c3n2)cc1. The molecule has 62 heavy (non-hydrogen) atoms. The molecule has 0 aliphatic rings. The number of nitrogens with zero attached hydrogens (tertiary/aromatic N) is 4. The second-order valence-corrected chi connectivity index (χ2v) is 15.4. The Bertz CT molecular complexity index is 3650. The zero-order chi connectivity index (χ0) is 41.0. The Morgan fingerprint density at radius 1 is 0.258 bits per heavy atom. The molecule has 8 aromatic carbocycles. The Labute approximate surface area is 356 Å². The fourth-order valence-corrected chi connectivity index (χ4v) is 8.46. The van der Waals surface area contributed by atoms with Crippen LogP contribution < -0.4 is 0 Å². The van der Waals surface area contributed by atoms with Crippen molar-refractivity contribution < 1.29 is 8.83 Å². The first kappa shape index (κ1) is 35.5. The fourth-order valence-electron chi connectivity index (χ4n) is 8.46. The van der Waals surface area contributed by atoms with Crippen LogP contribution in [0.1, 0.15) is 0 Å². The highest BCUT2D eigenvalue weighted by atomic mass is 16.3. The van der Waals surface area contributed by atoms with Crippen LogP contribution in [0, 0.1) is 0 Å². The molecule has 0 saturated heterocycles. The van der Waals surface area contributed by atoms with Crippen molar-refractivity contribution >= 4 is 44.1 Å². The first-order valence-corrected chi connectivity index (χ1v) is 20.6. The molecular weight excluding hydrogens is 761 g/mol. The van der Waals surface area contributed by atoms with Crippen LogP contribution >= 0.6 is 0 Å². The molecular formula is C56H34N4O2. The minimum absolute atomic E-state index is 0.648. The standard InChI is InChI=1S/C56H34N4O2/c1-3-15-35(16-4-1)49-53-51(45-27-7-9-29-47(45)61-53)60-56(57-49)44-26-14-24-42(34-44)40-22-12-20-38(32-40)37-19-11-21-39(31-37)41-23-13-25-43(33-41)50-54-52(46-28-8-10-30-48(46)62-54)59-55(58-50)36-17-5-2-6-18-36/h1-34H. The third-order valence-electron chi connectivity index (χ3n) is 11.5. The van der Waals surface area contributed by atoms with Gasteiger partial charge in [0.1, 0.15) is 33.6 Å². The van der Waals surface area contributed by atoms with E-state index in [1.807, 2.05) is 84.9 Å². The van der Waals surface area contributed by atoms with Crippen molar-refractivity contribution in [2.75, 3.05) is 0 Å². The highest BCUT2D eigenvalue weighted by Crippen LogP contribution is 2.39. The molecule has 0 spiro atoms. The van der Waals surface area contributed by atoms with Crippen molar-refractivity contribution in [3.05, 3.63) is 206 Å². The van der Waals surface area contributed by atoms with Gasteiger partial charge in [-0.25, -0.2) is 19.9 Å². The van der Waals surface area contributed by atoms with Crippen molar-refractivity contribution in [3.63, 3.8) is 0 Å². The molecule has 0 radical (unpaired) electrons. The van der Waals surface area contributed by atoms with Gasteiger partial charge in [0.05, 0.1) is 0 Å². The van der Waals surface area contributed by atoms with E-state index in [0.717, 1.165) is 100.0 Å². The highest BCUT2D eigenvalue weighted by molar-refractivity contribution is 6.08. The monoisotopic (exact) mass is 794 g/mol. The number of rotatable bonds is 7. The van der Waals surface area contributed by atoms with Gasteiger partial charge in [0, 0.05) is 33.0 Å². The summed E-state index contributed by atoms with van der Waals surface area (Å²) in [6.07, 6.45) is 0. The molecule has 6 nitrogen and oxygen atoms in total. The van der Waals surface area contributed by atoms with Crippen molar-refractivity contribution in [3.8, 4) is 78.7 Å². The predicted octanol–water partition coefficient (Wildman–Crippen LogP) is 14.7. The van der Waals surface area contributed by atoms with Gasteiger partial charge in [0.15, 0.2) is 22.8 Å². The highest BCUT2D eigenvalue weighted by Gasteiger charge is 2.20. The molecule has 0 unspecified atom stereocenters. The van der Waals surface area contributed by atoms with E-state index < -0.39 is 0 Å². The average molecular weight is 795 g/mol. The molecule has 0 amide bonds. The molecule has 0 fully saturated rings. The Morgan fingerprint density at radius 2 is 0.597 bits per heavy atom. The van der Waals surface area contributed by atoms with Crippen LogP contribution in [-0.4, -0.2) is 19.9 Å². The Balaban J connectivity index is 0.904. The lowest BCUT2D eigenvalue weighted by atomic mass is 9.95. The maximum atomic E-state index is 6.45. The zero-order valence-corrected chi connectivity index (χ0v) is 33.2. The summed E-state index contributed by atoms with van der Waals surface area (Å²) in [5, 5.41) is 1.94. The second-order valence-electron chi connectivity index (χ2n) is 15.4. The van der Waals surface area contributed by atoms with Gasteiger partial charge in [-0.2, -0.15) is 0 Å². The smallest absolute Gasteiger partial charge is 0.180 e. The van der Waals surface area contributed by atoms with E-state index in [2.05, 4.69) is 121 Å². The summed E-state index contributed by atoms with van der Waals surface area (Å²) in [6, 6.07) is 70.7. The van der Waals surface area contributed by atoms with E-state index >= 15 is 0 Å². The quantitative estimate of drug-likeness (QED) is 0.160. The van der Waals surface area contributed by atoms with Gasteiger partial charge >= 0.3 is 0 Å². The number of hydrogen-bond acceptors (Lipinski definition) is 6. The first-order chi connectivity index (χ1) is 30.7. The van der Waals surface area contributed by atoms with Crippen molar-refractivity contribution in [1.82, 2.24) is 19.9 Å². The van der Waals surface area contributed by atoms with E-state index in [0.29, 0.717) is 22.8 Å². The van der Waals surface area contributed by atoms with E-state index in [9.17, 15) is 0 Å². The first-order valence-electron chi connectivity index (χ1n) is 20.6. The van der Waals surface area contributed by atoms with E-state index in [1.54, 1.807) is 0 Å². The fraction of sp³-hybridized carbons (Fsp3) is 0. The van der Waals surface area contributed by atoms with Crippen LogP contribution in [-0.2, 0) is 0 Å². The van der Waals surface area contributed by atoms with Gasteiger partial charge < -0.3 is 8.83 Å². The molecule has 12 aromatic rings. The van der Waals surface area contributed by atoms with Gasteiger partial charge in [0.25, 0.3) is 0 Å². The van der Waals surface area contributed by atoms with Crippen LogP contribution in [0.2, 0.25) is 0 Å². The molecule has 0 bridgehead atoms. The predicted molar refractivity (Wildman–Crippen MR) is 250 cm³/mol. The molecule has 6 heteroatoms. The zero-order valence-electron chi connectivity index (χ0n) is 33.2. The van der Waals surface area contributed by atoms with Crippen LogP contribution in [0.3, 0.4) is 0 Å². The van der Waals surface area contributed by atoms with Crippen molar-refractivity contribution in [2.45, 2.75) is 0 Å². The summed E-state index contributed by atoms with van der Waals surface area (Å²) < 4.78 is 12.8. The normalized spacial score (nSPS) is 11.5. The summed E-state index contributed by atoms with van der Waals surface area (Å²) >= 11 is 0. The van der Waals surface area contributed by atoms with Crippen molar-refractivity contribution in [1.29, 1.82) is 0 Å². The Kier molecular flexibility index (Phi) is 8.38. The van der Waals surface area contributed by atoms with E-state index in [4.69, 9.17) is 28.8 Å². The number of aromatic nitrogens is 4. The van der Waals surface area contributed by atoms with Gasteiger partial charge in [-0.05, 0) is 81.9 Å². The van der Waals surface area contributed by atoms with Crippen molar-refractivity contribution in [2.24, 2.45) is 0 Å². The van der Waals surface area contributed by atoms with E-state index in [-0.39, 0.29) is 0 Å². The molecule has 0 aliphatic carbocycles. The number of para-hydroxylation sites is 2. The number of furan rings is 2. The largest absolute Gasteiger partial charge is 0.452 e. The summed E-state index contributed by atoms with van der Waals surface area (Å²) in [6.45, 7) is 0. The third kappa shape index (κ3) is 6.21. The molecule has 0 saturated carbocycles. The number of fused-ring (bicyclic) bond motifs is 6. The lowest BCUT2D eigenvalue weighted by Crippen LogP contribution is -1.94. The number of benzene rings is 8. The maximum Gasteiger partial charge on any atom is 0.180 e. The van der Waals surface area contributed by atoms with E-state index in [1.165, 1.54) is 0 Å².